The molecule has 0 spiro atoms. The maximum Gasteiger partial charge on any atom is 0.417 e. The summed E-state index contributed by atoms with van der Waals surface area (Å²) in [6, 6.07) is 0.823. The highest BCUT2D eigenvalue weighted by molar-refractivity contribution is 7.89. The van der Waals surface area contributed by atoms with E-state index < -0.39 is 21.8 Å². The van der Waals surface area contributed by atoms with Crippen molar-refractivity contribution in [2.45, 2.75) is 18.1 Å². The van der Waals surface area contributed by atoms with Crippen LogP contribution in [-0.4, -0.2) is 53.4 Å². The molecule has 0 bridgehead atoms. The van der Waals surface area contributed by atoms with E-state index in [0.717, 1.165) is 12.3 Å². The van der Waals surface area contributed by atoms with Crippen LogP contribution in [0, 0.1) is 6.92 Å². The number of hydrogen-bond donors (Lipinski definition) is 0. The quantitative estimate of drug-likeness (QED) is 0.757. The zero-order valence-corrected chi connectivity index (χ0v) is 16.1. The number of sulfonamides is 1. The smallest absolute Gasteiger partial charge is 0.353 e. The molecule has 0 amide bonds. The number of rotatable bonds is 3. The summed E-state index contributed by atoms with van der Waals surface area (Å²) in [7, 11) is -2.03. The molecule has 1 aliphatic rings. The molecule has 27 heavy (non-hydrogen) atoms. The zero-order valence-electron chi connectivity index (χ0n) is 14.5. The number of imidazole rings is 1. The van der Waals surface area contributed by atoms with E-state index in [2.05, 4.69) is 9.97 Å². The standard InChI is InChI=1S/C15H17ClF3N5O2S/c1-10-21-13(9-22(10)2)27(25,26)24-5-3-23(4-6-24)14-12(16)7-11(8-20-14)15(17,18)19/h7-9H,3-6H2,1-2H3. The van der Waals surface area contributed by atoms with Gasteiger partial charge < -0.3 is 9.47 Å². The molecule has 0 atom stereocenters. The van der Waals surface area contributed by atoms with E-state index in [0.29, 0.717) is 5.82 Å². The van der Waals surface area contributed by atoms with Crippen LogP contribution in [0.25, 0.3) is 0 Å². The van der Waals surface area contributed by atoms with Crippen LogP contribution in [-0.2, 0) is 23.2 Å². The summed E-state index contributed by atoms with van der Waals surface area (Å²) in [5.41, 5.74) is -0.928. The van der Waals surface area contributed by atoms with Gasteiger partial charge in [0, 0.05) is 45.6 Å². The first kappa shape index (κ1) is 19.9. The van der Waals surface area contributed by atoms with Gasteiger partial charge in [0.25, 0.3) is 10.0 Å². The molecule has 0 N–H and O–H groups in total. The molecule has 12 heteroatoms. The molecule has 0 aromatic carbocycles. The number of halogens is 4. The average molecular weight is 424 g/mol. The van der Waals surface area contributed by atoms with Crippen molar-refractivity contribution in [1.82, 2.24) is 18.8 Å². The van der Waals surface area contributed by atoms with Crippen LogP contribution >= 0.6 is 11.6 Å². The molecule has 3 rings (SSSR count). The number of nitrogens with zero attached hydrogens (tertiary/aromatic N) is 5. The van der Waals surface area contributed by atoms with E-state index in [1.807, 2.05) is 0 Å². The molecule has 0 unspecified atom stereocenters. The molecule has 2 aromatic heterocycles. The topological polar surface area (TPSA) is 71.3 Å². The van der Waals surface area contributed by atoms with Crippen LogP contribution in [0.4, 0.5) is 19.0 Å². The van der Waals surface area contributed by atoms with E-state index in [4.69, 9.17) is 11.6 Å². The fourth-order valence-corrected chi connectivity index (χ4v) is 4.47. The molecule has 0 aliphatic carbocycles. The molecular formula is C15H17ClF3N5O2S. The Morgan fingerprint density at radius 2 is 1.81 bits per heavy atom. The van der Waals surface area contributed by atoms with Crippen LogP contribution < -0.4 is 4.90 Å². The van der Waals surface area contributed by atoms with Crippen LogP contribution in [0.5, 0.6) is 0 Å². The molecule has 0 radical (unpaired) electrons. The second kappa shape index (κ2) is 6.95. The van der Waals surface area contributed by atoms with E-state index in [9.17, 15) is 21.6 Å². The van der Waals surface area contributed by atoms with Crippen molar-refractivity contribution < 1.29 is 21.6 Å². The fourth-order valence-electron chi connectivity index (χ4n) is 2.74. The van der Waals surface area contributed by atoms with Crippen LogP contribution in [0.2, 0.25) is 5.02 Å². The second-order valence-corrected chi connectivity index (χ2v) is 8.45. The number of piperazine rings is 1. The Kier molecular flexibility index (Phi) is 5.12. The Hall–Kier alpha value is -1.85. The first-order valence-corrected chi connectivity index (χ1v) is 9.80. The molecular weight excluding hydrogens is 407 g/mol. The number of anilines is 1. The molecule has 1 saturated heterocycles. The van der Waals surface area contributed by atoms with Gasteiger partial charge in [-0.15, -0.1) is 0 Å². The van der Waals surface area contributed by atoms with Crippen LogP contribution in [0.3, 0.4) is 0 Å². The van der Waals surface area contributed by atoms with E-state index in [1.165, 1.54) is 10.5 Å². The summed E-state index contributed by atoms with van der Waals surface area (Å²) >= 11 is 5.96. The molecule has 148 valence electrons. The molecule has 2 aromatic rings. The monoisotopic (exact) mass is 423 g/mol. The van der Waals surface area contributed by atoms with E-state index in [1.54, 1.807) is 23.4 Å². The molecule has 0 saturated carbocycles. The number of pyridine rings is 1. The molecule has 3 heterocycles. The minimum absolute atomic E-state index is 0.0263. The summed E-state index contributed by atoms with van der Waals surface area (Å²) in [6.45, 7) is 2.51. The minimum Gasteiger partial charge on any atom is -0.353 e. The van der Waals surface area contributed by atoms with Gasteiger partial charge in [-0.3, -0.25) is 0 Å². The Bertz CT molecular complexity index is 933. The first-order valence-electron chi connectivity index (χ1n) is 7.98. The summed E-state index contributed by atoms with van der Waals surface area (Å²) in [6.07, 6.45) is -2.35. The lowest BCUT2D eigenvalue weighted by atomic mass is 10.2. The summed E-state index contributed by atoms with van der Waals surface area (Å²) in [4.78, 5) is 9.54. The van der Waals surface area contributed by atoms with Gasteiger partial charge in [-0.25, -0.2) is 18.4 Å². The minimum atomic E-state index is -4.53. The van der Waals surface area contributed by atoms with Gasteiger partial charge in [-0.05, 0) is 13.0 Å². The second-order valence-electron chi connectivity index (χ2n) is 6.16. The van der Waals surface area contributed by atoms with Crippen molar-refractivity contribution in [3.63, 3.8) is 0 Å². The average Bonchev–Trinajstić information content (AvgIpc) is 2.94. The Morgan fingerprint density at radius 1 is 1.19 bits per heavy atom. The van der Waals surface area contributed by atoms with Crippen molar-refractivity contribution in [1.29, 1.82) is 0 Å². The van der Waals surface area contributed by atoms with Crippen molar-refractivity contribution in [2.75, 3.05) is 31.1 Å². The summed E-state index contributed by atoms with van der Waals surface area (Å²) in [5, 5.41) is -0.150. The largest absolute Gasteiger partial charge is 0.417 e. The fraction of sp³-hybridized carbons (Fsp3) is 0.467. The third-order valence-electron chi connectivity index (χ3n) is 4.38. The van der Waals surface area contributed by atoms with Crippen molar-refractivity contribution in [3.8, 4) is 0 Å². The highest BCUT2D eigenvalue weighted by Gasteiger charge is 2.34. The van der Waals surface area contributed by atoms with E-state index >= 15 is 0 Å². The zero-order chi connectivity index (χ0) is 20.0. The predicted octanol–water partition coefficient (Wildman–Crippen LogP) is 2.31. The van der Waals surface area contributed by atoms with Gasteiger partial charge in [-0.1, -0.05) is 11.6 Å². The van der Waals surface area contributed by atoms with Crippen molar-refractivity contribution in [2.24, 2.45) is 7.05 Å². The Morgan fingerprint density at radius 3 is 2.30 bits per heavy atom. The number of hydrogen-bond acceptors (Lipinski definition) is 5. The lowest BCUT2D eigenvalue weighted by Crippen LogP contribution is -2.49. The van der Waals surface area contributed by atoms with E-state index in [-0.39, 0.29) is 42.0 Å². The van der Waals surface area contributed by atoms with Gasteiger partial charge in [0.2, 0.25) is 0 Å². The number of alkyl halides is 3. The Balaban J connectivity index is 1.74. The van der Waals surface area contributed by atoms with Crippen molar-refractivity contribution in [3.05, 3.63) is 34.9 Å². The van der Waals surface area contributed by atoms with Gasteiger partial charge in [-0.2, -0.15) is 17.5 Å². The molecule has 1 fully saturated rings. The third kappa shape index (κ3) is 3.90. The highest BCUT2D eigenvalue weighted by atomic mass is 35.5. The lowest BCUT2D eigenvalue weighted by Gasteiger charge is -2.34. The number of aryl methyl sites for hydroxylation is 2. The predicted molar refractivity (Wildman–Crippen MR) is 93.2 cm³/mol. The molecule has 7 nitrogen and oxygen atoms in total. The van der Waals surface area contributed by atoms with Gasteiger partial charge in [0.1, 0.15) is 11.6 Å². The number of aromatic nitrogens is 3. The van der Waals surface area contributed by atoms with Crippen molar-refractivity contribution >= 4 is 27.4 Å². The van der Waals surface area contributed by atoms with Gasteiger partial charge >= 0.3 is 6.18 Å². The van der Waals surface area contributed by atoms with Crippen LogP contribution in [0.15, 0.2) is 23.5 Å². The normalized spacial score (nSPS) is 16.7. The summed E-state index contributed by atoms with van der Waals surface area (Å²) < 4.78 is 66.4. The maximum absolute atomic E-state index is 12.7. The lowest BCUT2D eigenvalue weighted by molar-refractivity contribution is -0.137. The summed E-state index contributed by atoms with van der Waals surface area (Å²) in [5.74, 6) is 0.781. The van der Waals surface area contributed by atoms with Gasteiger partial charge in [0.05, 0.1) is 10.6 Å². The maximum atomic E-state index is 12.7. The molecule has 1 aliphatic heterocycles. The SMILES string of the molecule is Cc1nc(S(=O)(=O)N2CCN(c3ncc(C(F)(F)F)cc3Cl)CC2)cn1C. The first-order chi connectivity index (χ1) is 12.5. The van der Waals surface area contributed by atoms with Gasteiger partial charge in [0.15, 0.2) is 5.03 Å². The Labute approximate surface area is 159 Å². The third-order valence-corrected chi connectivity index (χ3v) is 6.43. The van der Waals surface area contributed by atoms with Crippen LogP contribution in [0.1, 0.15) is 11.4 Å². The highest BCUT2D eigenvalue weighted by Crippen LogP contribution is 2.34.